The summed E-state index contributed by atoms with van der Waals surface area (Å²) in [6.07, 6.45) is 10.3. The van der Waals surface area contributed by atoms with Crippen LogP contribution < -0.4 is 4.90 Å². The van der Waals surface area contributed by atoms with Crippen LogP contribution in [-0.2, 0) is 0 Å². The van der Waals surface area contributed by atoms with Crippen LogP contribution in [0.25, 0.3) is 5.65 Å². The first kappa shape index (κ1) is 13.8. The van der Waals surface area contributed by atoms with Crippen molar-refractivity contribution in [1.29, 1.82) is 0 Å². The number of fused-ring (bicyclic) bond motifs is 1. The van der Waals surface area contributed by atoms with Gasteiger partial charge in [-0.1, -0.05) is 35.2 Å². The predicted molar refractivity (Wildman–Crippen MR) is 83.5 cm³/mol. The van der Waals surface area contributed by atoms with Crippen molar-refractivity contribution in [3.63, 3.8) is 0 Å². The van der Waals surface area contributed by atoms with Gasteiger partial charge in [0.25, 0.3) is 0 Å². The summed E-state index contributed by atoms with van der Waals surface area (Å²) in [6, 6.07) is 0.581. The highest BCUT2D eigenvalue weighted by Gasteiger charge is 2.24. The van der Waals surface area contributed by atoms with Gasteiger partial charge in [-0.05, 0) is 19.8 Å². The number of alkyl halides is 1. The zero-order valence-electron chi connectivity index (χ0n) is 11.8. The number of halogens is 1. The molecular formula is C14H20BrN5. The molecule has 1 aliphatic rings. The van der Waals surface area contributed by atoms with Gasteiger partial charge in [0.2, 0.25) is 5.65 Å². The fourth-order valence-corrected chi connectivity index (χ4v) is 3.46. The van der Waals surface area contributed by atoms with Crippen LogP contribution in [-0.4, -0.2) is 37.5 Å². The molecule has 0 saturated heterocycles. The second-order valence-corrected chi connectivity index (χ2v) is 6.16. The van der Waals surface area contributed by atoms with Gasteiger partial charge >= 0.3 is 0 Å². The summed E-state index contributed by atoms with van der Waals surface area (Å²) in [5.74, 6) is 1.88. The zero-order valence-corrected chi connectivity index (χ0v) is 13.4. The molecule has 2 aromatic heterocycles. The molecule has 20 heavy (non-hydrogen) atoms. The van der Waals surface area contributed by atoms with Crippen LogP contribution in [0.2, 0.25) is 0 Å². The zero-order chi connectivity index (χ0) is 13.9. The van der Waals surface area contributed by atoms with Gasteiger partial charge in [0.05, 0.1) is 0 Å². The van der Waals surface area contributed by atoms with Crippen LogP contribution >= 0.6 is 15.9 Å². The molecule has 0 N–H and O–H groups in total. The number of aryl methyl sites for hydroxylation is 1. The third-order valence-corrected chi connectivity index (χ3v) is 4.45. The standard InChI is InChI=1S/C14H20BrN5/c1-11-17-18-14-13(16-8-10-19(11)14)20(9-7-15)12-5-3-2-4-6-12/h8,10,12H,2-7,9H2,1H3. The van der Waals surface area contributed by atoms with Crippen molar-refractivity contribution < 1.29 is 0 Å². The highest BCUT2D eigenvalue weighted by atomic mass is 79.9. The Kier molecular flexibility index (Phi) is 4.19. The second kappa shape index (κ2) is 6.08. The van der Waals surface area contributed by atoms with Crippen LogP contribution in [0.15, 0.2) is 12.4 Å². The van der Waals surface area contributed by atoms with Gasteiger partial charge < -0.3 is 4.90 Å². The SMILES string of the molecule is Cc1nnc2c(N(CCBr)C3CCCCC3)nccn12. The number of anilines is 1. The smallest absolute Gasteiger partial charge is 0.203 e. The maximum absolute atomic E-state index is 4.60. The minimum Gasteiger partial charge on any atom is -0.350 e. The molecule has 0 amide bonds. The van der Waals surface area contributed by atoms with Gasteiger partial charge in [-0.25, -0.2) is 4.98 Å². The van der Waals surface area contributed by atoms with Gasteiger partial charge in [0.15, 0.2) is 5.82 Å². The van der Waals surface area contributed by atoms with E-state index in [4.69, 9.17) is 0 Å². The van der Waals surface area contributed by atoms with Gasteiger partial charge in [-0.2, -0.15) is 0 Å². The van der Waals surface area contributed by atoms with Gasteiger partial charge in [0.1, 0.15) is 5.82 Å². The summed E-state index contributed by atoms with van der Waals surface area (Å²) in [5.41, 5.74) is 0.872. The molecule has 108 valence electrons. The Morgan fingerprint density at radius 3 is 2.85 bits per heavy atom. The van der Waals surface area contributed by atoms with Crippen molar-refractivity contribution in [2.75, 3.05) is 16.8 Å². The molecule has 1 fully saturated rings. The third kappa shape index (κ3) is 2.53. The quantitative estimate of drug-likeness (QED) is 0.804. The van der Waals surface area contributed by atoms with Crippen LogP contribution in [0.3, 0.4) is 0 Å². The predicted octanol–water partition coefficient (Wildman–Crippen LogP) is 2.97. The second-order valence-electron chi connectivity index (χ2n) is 5.37. The Morgan fingerprint density at radius 1 is 1.30 bits per heavy atom. The Labute approximate surface area is 127 Å². The monoisotopic (exact) mass is 337 g/mol. The molecule has 0 bridgehead atoms. The first-order chi connectivity index (χ1) is 9.81. The average molecular weight is 338 g/mol. The number of hydrogen-bond acceptors (Lipinski definition) is 4. The molecule has 1 aliphatic carbocycles. The topological polar surface area (TPSA) is 46.3 Å². The lowest BCUT2D eigenvalue weighted by Gasteiger charge is -2.34. The summed E-state index contributed by atoms with van der Waals surface area (Å²) in [4.78, 5) is 7.01. The van der Waals surface area contributed by atoms with E-state index in [0.29, 0.717) is 6.04 Å². The maximum Gasteiger partial charge on any atom is 0.203 e. The minimum absolute atomic E-state index is 0.581. The van der Waals surface area contributed by atoms with E-state index in [1.807, 2.05) is 23.7 Å². The van der Waals surface area contributed by atoms with E-state index in [1.54, 1.807) is 0 Å². The lowest BCUT2D eigenvalue weighted by atomic mass is 9.94. The van der Waals surface area contributed by atoms with Crippen LogP contribution in [0.1, 0.15) is 37.9 Å². The highest BCUT2D eigenvalue weighted by Crippen LogP contribution is 2.28. The summed E-state index contributed by atoms with van der Waals surface area (Å²) in [7, 11) is 0. The van der Waals surface area contributed by atoms with Crippen molar-refractivity contribution in [3.05, 3.63) is 18.2 Å². The molecule has 2 heterocycles. The largest absolute Gasteiger partial charge is 0.350 e. The van der Waals surface area contributed by atoms with E-state index < -0.39 is 0 Å². The van der Waals surface area contributed by atoms with Crippen molar-refractivity contribution >= 4 is 27.4 Å². The fourth-order valence-electron chi connectivity index (χ4n) is 3.08. The fraction of sp³-hybridized carbons (Fsp3) is 0.643. The summed E-state index contributed by atoms with van der Waals surface area (Å²) < 4.78 is 2.02. The van der Waals surface area contributed by atoms with E-state index in [0.717, 1.165) is 29.2 Å². The van der Waals surface area contributed by atoms with Gasteiger partial charge in [-0.15, -0.1) is 10.2 Å². The summed E-state index contributed by atoms with van der Waals surface area (Å²) in [6.45, 7) is 2.93. The van der Waals surface area contributed by atoms with E-state index in [9.17, 15) is 0 Å². The Morgan fingerprint density at radius 2 is 2.10 bits per heavy atom. The molecule has 0 aliphatic heterocycles. The molecule has 3 rings (SSSR count). The normalized spacial score (nSPS) is 16.7. The maximum atomic E-state index is 4.60. The van der Waals surface area contributed by atoms with Crippen molar-refractivity contribution in [3.8, 4) is 0 Å². The lowest BCUT2D eigenvalue weighted by molar-refractivity contribution is 0.417. The number of hydrogen-bond donors (Lipinski definition) is 0. The van der Waals surface area contributed by atoms with Crippen LogP contribution in [0, 0.1) is 6.92 Å². The molecule has 0 unspecified atom stereocenters. The molecular weight excluding hydrogens is 318 g/mol. The Bertz CT molecular complexity index is 576. The molecule has 5 nitrogen and oxygen atoms in total. The number of nitrogens with zero attached hydrogens (tertiary/aromatic N) is 5. The lowest BCUT2D eigenvalue weighted by Crippen LogP contribution is -2.39. The molecule has 6 heteroatoms. The van der Waals surface area contributed by atoms with Crippen LogP contribution in [0.5, 0.6) is 0 Å². The first-order valence-electron chi connectivity index (χ1n) is 7.30. The number of aromatic nitrogens is 4. The molecule has 0 atom stereocenters. The summed E-state index contributed by atoms with van der Waals surface area (Å²) in [5, 5.41) is 9.43. The first-order valence-corrected chi connectivity index (χ1v) is 8.42. The number of rotatable bonds is 4. The Balaban J connectivity index is 2.00. The minimum atomic E-state index is 0.581. The molecule has 2 aromatic rings. The van der Waals surface area contributed by atoms with Crippen molar-refractivity contribution in [2.24, 2.45) is 0 Å². The van der Waals surface area contributed by atoms with E-state index in [-0.39, 0.29) is 0 Å². The highest BCUT2D eigenvalue weighted by molar-refractivity contribution is 9.09. The molecule has 0 spiro atoms. The molecule has 0 aromatic carbocycles. The Hall–Kier alpha value is -1.17. The van der Waals surface area contributed by atoms with Crippen molar-refractivity contribution in [1.82, 2.24) is 19.6 Å². The summed E-state index contributed by atoms with van der Waals surface area (Å²) >= 11 is 3.57. The average Bonchev–Trinajstić information content (AvgIpc) is 2.88. The van der Waals surface area contributed by atoms with E-state index in [2.05, 4.69) is 36.0 Å². The molecule has 1 saturated carbocycles. The third-order valence-electron chi connectivity index (χ3n) is 4.09. The van der Waals surface area contributed by atoms with Crippen molar-refractivity contribution in [2.45, 2.75) is 45.1 Å². The van der Waals surface area contributed by atoms with E-state index >= 15 is 0 Å². The van der Waals surface area contributed by atoms with Gasteiger partial charge in [0, 0.05) is 30.3 Å². The van der Waals surface area contributed by atoms with Crippen LogP contribution in [0.4, 0.5) is 5.82 Å². The van der Waals surface area contributed by atoms with E-state index in [1.165, 1.54) is 32.1 Å². The molecule has 0 radical (unpaired) electrons. The van der Waals surface area contributed by atoms with Gasteiger partial charge in [-0.3, -0.25) is 4.40 Å².